The highest BCUT2D eigenvalue weighted by Gasteiger charge is 2.10. The predicted molar refractivity (Wildman–Crippen MR) is 97.3 cm³/mol. The normalized spacial score (nSPS) is 11.6. The van der Waals surface area contributed by atoms with Gasteiger partial charge in [0.1, 0.15) is 5.82 Å². The van der Waals surface area contributed by atoms with Gasteiger partial charge in [-0.25, -0.2) is 17.5 Å². The van der Waals surface area contributed by atoms with Crippen molar-refractivity contribution in [2.45, 2.75) is 11.5 Å². The summed E-state index contributed by atoms with van der Waals surface area (Å²) in [5.74, 6) is 0.851. The van der Waals surface area contributed by atoms with Crippen molar-refractivity contribution in [1.29, 1.82) is 0 Å². The highest BCUT2D eigenvalue weighted by atomic mass is 79.9. The topological polar surface area (TPSA) is 46.2 Å². The summed E-state index contributed by atoms with van der Waals surface area (Å²) in [6, 6.07) is 13.8. The maximum atomic E-state index is 13.4. The molecule has 0 spiro atoms. The van der Waals surface area contributed by atoms with Crippen LogP contribution in [-0.4, -0.2) is 20.7 Å². The number of halogens is 2. The fourth-order valence-electron chi connectivity index (χ4n) is 1.92. The first-order valence-electron chi connectivity index (χ1n) is 6.99. The first-order valence-corrected chi connectivity index (χ1v) is 10.6. The standard InChI is InChI=1S/C16H17BrFNO2S2/c17-15-7-5-13(6-8-15)12-23(20,21)19-9-10-22-11-14-3-1-2-4-16(14)18/h1-8,19H,9-12H2. The second-order valence-electron chi connectivity index (χ2n) is 4.92. The summed E-state index contributed by atoms with van der Waals surface area (Å²) in [4.78, 5) is 0. The van der Waals surface area contributed by atoms with Crippen molar-refractivity contribution >= 4 is 37.7 Å². The van der Waals surface area contributed by atoms with Crippen LogP contribution in [0, 0.1) is 5.82 Å². The highest BCUT2D eigenvalue weighted by molar-refractivity contribution is 9.10. The van der Waals surface area contributed by atoms with Crippen LogP contribution in [0.2, 0.25) is 0 Å². The summed E-state index contributed by atoms with van der Waals surface area (Å²) >= 11 is 4.81. The fraction of sp³-hybridized carbons (Fsp3) is 0.250. The van der Waals surface area contributed by atoms with Gasteiger partial charge in [-0.15, -0.1) is 0 Å². The molecule has 0 saturated heterocycles. The molecule has 23 heavy (non-hydrogen) atoms. The Kier molecular flexibility index (Phi) is 7.08. The molecule has 0 saturated carbocycles. The molecule has 0 unspecified atom stereocenters. The van der Waals surface area contributed by atoms with Crippen LogP contribution in [0.3, 0.4) is 0 Å². The van der Waals surface area contributed by atoms with Crippen molar-refractivity contribution in [2.75, 3.05) is 12.3 Å². The summed E-state index contributed by atoms with van der Waals surface area (Å²) < 4.78 is 40.9. The molecule has 0 fully saturated rings. The van der Waals surface area contributed by atoms with Crippen molar-refractivity contribution < 1.29 is 12.8 Å². The van der Waals surface area contributed by atoms with Crippen molar-refractivity contribution in [3.63, 3.8) is 0 Å². The van der Waals surface area contributed by atoms with E-state index in [1.54, 1.807) is 30.3 Å². The van der Waals surface area contributed by atoms with Crippen LogP contribution in [0.1, 0.15) is 11.1 Å². The predicted octanol–water partition coefficient (Wildman–Crippen LogP) is 3.94. The SMILES string of the molecule is O=S(=O)(Cc1ccc(Br)cc1)NCCSCc1ccccc1F. The second kappa shape index (κ2) is 8.82. The zero-order valence-corrected chi connectivity index (χ0v) is 15.6. The van der Waals surface area contributed by atoms with Crippen LogP contribution < -0.4 is 4.72 Å². The molecule has 124 valence electrons. The summed E-state index contributed by atoms with van der Waals surface area (Å²) in [5.41, 5.74) is 1.37. The van der Waals surface area contributed by atoms with Crippen LogP contribution in [0.25, 0.3) is 0 Å². The molecule has 0 atom stereocenters. The van der Waals surface area contributed by atoms with Crippen LogP contribution in [0.15, 0.2) is 53.0 Å². The average Bonchev–Trinajstić information content (AvgIpc) is 2.51. The van der Waals surface area contributed by atoms with Gasteiger partial charge in [0, 0.05) is 22.5 Å². The second-order valence-corrected chi connectivity index (χ2v) is 8.75. The van der Waals surface area contributed by atoms with Crippen molar-refractivity contribution in [3.05, 3.63) is 69.9 Å². The van der Waals surface area contributed by atoms with E-state index in [9.17, 15) is 12.8 Å². The van der Waals surface area contributed by atoms with E-state index in [1.165, 1.54) is 17.8 Å². The van der Waals surface area contributed by atoms with Crippen LogP contribution in [0.5, 0.6) is 0 Å². The molecule has 7 heteroatoms. The molecule has 0 aliphatic rings. The highest BCUT2D eigenvalue weighted by Crippen LogP contribution is 2.15. The van der Waals surface area contributed by atoms with Gasteiger partial charge in [0.2, 0.25) is 10.0 Å². The molecule has 2 aromatic carbocycles. The minimum Gasteiger partial charge on any atom is -0.214 e. The van der Waals surface area contributed by atoms with E-state index in [2.05, 4.69) is 20.7 Å². The molecule has 0 aromatic heterocycles. The third-order valence-corrected chi connectivity index (χ3v) is 5.95. The molecule has 0 aliphatic heterocycles. The summed E-state index contributed by atoms with van der Waals surface area (Å²) in [6.45, 7) is 0.331. The van der Waals surface area contributed by atoms with E-state index in [1.807, 2.05) is 12.1 Å². The van der Waals surface area contributed by atoms with E-state index in [-0.39, 0.29) is 11.6 Å². The average molecular weight is 418 g/mol. The van der Waals surface area contributed by atoms with Crippen LogP contribution in [0.4, 0.5) is 4.39 Å². The number of benzene rings is 2. The minimum atomic E-state index is -3.35. The number of nitrogens with one attached hydrogen (secondary N) is 1. The molecular formula is C16H17BrFNO2S2. The van der Waals surface area contributed by atoms with Gasteiger partial charge in [0.25, 0.3) is 0 Å². The van der Waals surface area contributed by atoms with Gasteiger partial charge in [0.15, 0.2) is 0 Å². The summed E-state index contributed by atoms with van der Waals surface area (Å²) in [5, 5.41) is 0. The quantitative estimate of drug-likeness (QED) is 0.661. The van der Waals surface area contributed by atoms with Gasteiger partial charge < -0.3 is 0 Å². The van der Waals surface area contributed by atoms with Gasteiger partial charge >= 0.3 is 0 Å². The van der Waals surface area contributed by atoms with Crippen LogP contribution >= 0.6 is 27.7 Å². The molecule has 2 rings (SSSR count). The van der Waals surface area contributed by atoms with Crippen molar-refractivity contribution in [1.82, 2.24) is 4.72 Å². The van der Waals surface area contributed by atoms with Gasteiger partial charge in [0.05, 0.1) is 5.75 Å². The van der Waals surface area contributed by atoms with Gasteiger partial charge in [-0.3, -0.25) is 0 Å². The molecule has 2 aromatic rings. The van der Waals surface area contributed by atoms with Gasteiger partial charge in [-0.05, 0) is 29.3 Å². The molecule has 3 nitrogen and oxygen atoms in total. The third-order valence-electron chi connectivity index (χ3n) is 3.05. The Balaban J connectivity index is 1.72. The Morgan fingerprint density at radius 2 is 1.78 bits per heavy atom. The van der Waals surface area contributed by atoms with E-state index >= 15 is 0 Å². The summed E-state index contributed by atoms with van der Waals surface area (Å²) in [6.07, 6.45) is 0. The van der Waals surface area contributed by atoms with Gasteiger partial charge in [-0.2, -0.15) is 11.8 Å². The summed E-state index contributed by atoms with van der Waals surface area (Å²) in [7, 11) is -3.35. The molecule has 0 aliphatic carbocycles. The Hall–Kier alpha value is -0.890. The third kappa shape index (κ3) is 6.63. The Morgan fingerprint density at radius 1 is 1.09 bits per heavy atom. The smallest absolute Gasteiger partial charge is 0.214 e. The molecule has 0 radical (unpaired) electrons. The first kappa shape index (κ1) is 18.4. The first-order chi connectivity index (χ1) is 11.0. The molecule has 0 bridgehead atoms. The lowest BCUT2D eigenvalue weighted by molar-refractivity contribution is 0.583. The Labute approximate surface area is 148 Å². The minimum absolute atomic E-state index is 0.0434. The number of sulfonamides is 1. The Morgan fingerprint density at radius 3 is 2.48 bits per heavy atom. The van der Waals surface area contributed by atoms with E-state index in [0.29, 0.717) is 23.6 Å². The van der Waals surface area contributed by atoms with Crippen molar-refractivity contribution in [2.24, 2.45) is 0 Å². The molecule has 0 amide bonds. The fourth-order valence-corrected chi connectivity index (χ4v) is 4.30. The molecular weight excluding hydrogens is 401 g/mol. The molecule has 1 N–H and O–H groups in total. The van der Waals surface area contributed by atoms with Crippen LogP contribution in [-0.2, 0) is 21.5 Å². The zero-order valence-electron chi connectivity index (χ0n) is 12.3. The maximum Gasteiger partial charge on any atom is 0.215 e. The van der Waals surface area contributed by atoms with E-state index in [4.69, 9.17) is 0 Å². The zero-order chi connectivity index (χ0) is 16.7. The number of thioether (sulfide) groups is 1. The Bertz CT molecular complexity index is 736. The largest absolute Gasteiger partial charge is 0.215 e. The maximum absolute atomic E-state index is 13.4. The lowest BCUT2D eigenvalue weighted by atomic mass is 10.2. The van der Waals surface area contributed by atoms with Gasteiger partial charge in [-0.1, -0.05) is 46.3 Å². The van der Waals surface area contributed by atoms with E-state index in [0.717, 1.165) is 10.0 Å². The van der Waals surface area contributed by atoms with Crippen molar-refractivity contribution in [3.8, 4) is 0 Å². The number of rotatable bonds is 8. The monoisotopic (exact) mass is 417 g/mol. The number of hydrogen-bond acceptors (Lipinski definition) is 3. The lowest BCUT2D eigenvalue weighted by Crippen LogP contribution is -2.27. The van der Waals surface area contributed by atoms with E-state index < -0.39 is 10.0 Å². The lowest BCUT2D eigenvalue weighted by Gasteiger charge is -2.07. The number of hydrogen-bond donors (Lipinski definition) is 1. The molecule has 0 heterocycles.